The van der Waals surface area contributed by atoms with Gasteiger partial charge in [-0.1, -0.05) is 48.5 Å². The Balaban J connectivity index is 1.68. The second-order valence-electron chi connectivity index (χ2n) is 6.55. The number of nitriles is 1. The monoisotopic (exact) mass is 408 g/mol. The van der Waals surface area contributed by atoms with Crippen molar-refractivity contribution in [2.45, 2.75) is 0 Å². The highest BCUT2D eigenvalue weighted by molar-refractivity contribution is 5.89. The van der Waals surface area contributed by atoms with Crippen molar-refractivity contribution < 1.29 is 4.92 Å². The normalized spacial score (nSPS) is 10.7. The van der Waals surface area contributed by atoms with Gasteiger partial charge in [-0.2, -0.15) is 15.5 Å². The fraction of sp³-hybridized carbons (Fsp3) is 0. The summed E-state index contributed by atoms with van der Waals surface area (Å²) < 4.78 is 1.76. The molecule has 0 unspecified atom stereocenters. The van der Waals surface area contributed by atoms with Crippen LogP contribution in [0.5, 0.6) is 0 Å². The van der Waals surface area contributed by atoms with Crippen LogP contribution in [0.25, 0.3) is 16.9 Å². The van der Waals surface area contributed by atoms with Crippen molar-refractivity contribution in [2.75, 3.05) is 5.43 Å². The lowest BCUT2D eigenvalue weighted by Crippen LogP contribution is -1.97. The van der Waals surface area contributed by atoms with Crippen LogP contribution in [0.3, 0.4) is 0 Å². The van der Waals surface area contributed by atoms with Crippen LogP contribution in [0.1, 0.15) is 11.1 Å². The first-order valence-corrected chi connectivity index (χ1v) is 9.34. The molecule has 0 spiro atoms. The third-order valence-electron chi connectivity index (χ3n) is 4.52. The molecule has 0 fully saturated rings. The third-order valence-corrected chi connectivity index (χ3v) is 4.52. The van der Waals surface area contributed by atoms with Gasteiger partial charge in [0.2, 0.25) is 0 Å². The molecule has 0 radical (unpaired) electrons. The van der Waals surface area contributed by atoms with Crippen molar-refractivity contribution >= 4 is 17.6 Å². The van der Waals surface area contributed by atoms with Crippen LogP contribution < -0.4 is 5.43 Å². The molecule has 4 rings (SSSR count). The minimum absolute atomic E-state index is 0.192. The van der Waals surface area contributed by atoms with Gasteiger partial charge in [0.15, 0.2) is 0 Å². The first-order valence-electron chi connectivity index (χ1n) is 9.34. The Kier molecular flexibility index (Phi) is 5.49. The molecule has 8 nitrogen and oxygen atoms in total. The summed E-state index contributed by atoms with van der Waals surface area (Å²) in [5, 5.41) is 29.2. The lowest BCUT2D eigenvalue weighted by molar-refractivity contribution is -0.384. The maximum atomic E-state index is 11.3. The van der Waals surface area contributed by atoms with Gasteiger partial charge >= 0.3 is 0 Å². The molecule has 8 heteroatoms. The average molecular weight is 408 g/mol. The van der Waals surface area contributed by atoms with Gasteiger partial charge in [-0.05, 0) is 24.3 Å². The first-order chi connectivity index (χ1) is 15.2. The van der Waals surface area contributed by atoms with Crippen molar-refractivity contribution in [3.8, 4) is 23.0 Å². The number of rotatable bonds is 6. The van der Waals surface area contributed by atoms with Gasteiger partial charge in [0, 0.05) is 23.4 Å². The topological polar surface area (TPSA) is 109 Å². The number of hydrazone groups is 1. The number of hydrogen-bond acceptors (Lipinski definition) is 6. The standard InChI is InChI=1S/C23H16N6O2/c24-14-17-11-12-21(22(13-17)29(30)31)26-25-15-19-16-28(20-9-5-2-6-10-20)27-23(19)18-7-3-1-4-8-18/h1-13,15-16,26H/b25-15-. The summed E-state index contributed by atoms with van der Waals surface area (Å²) in [7, 11) is 0. The van der Waals surface area contributed by atoms with Gasteiger partial charge in [-0.25, -0.2) is 4.68 Å². The van der Waals surface area contributed by atoms with E-state index in [9.17, 15) is 10.1 Å². The predicted molar refractivity (Wildman–Crippen MR) is 118 cm³/mol. The van der Waals surface area contributed by atoms with Crippen LogP contribution in [-0.2, 0) is 0 Å². The molecular formula is C23H16N6O2. The number of nitro benzene ring substituents is 1. The van der Waals surface area contributed by atoms with Gasteiger partial charge in [0.25, 0.3) is 5.69 Å². The van der Waals surface area contributed by atoms with Crippen molar-refractivity contribution in [2.24, 2.45) is 5.10 Å². The minimum Gasteiger partial charge on any atom is -0.272 e. The maximum Gasteiger partial charge on any atom is 0.295 e. The molecule has 3 aromatic carbocycles. The van der Waals surface area contributed by atoms with Gasteiger partial charge < -0.3 is 0 Å². The van der Waals surface area contributed by atoms with E-state index in [0.29, 0.717) is 0 Å². The van der Waals surface area contributed by atoms with E-state index < -0.39 is 4.92 Å². The Morgan fingerprint density at radius 1 is 1.06 bits per heavy atom. The third kappa shape index (κ3) is 4.31. The number of nitrogens with zero attached hydrogens (tertiary/aromatic N) is 5. The highest BCUT2D eigenvalue weighted by Gasteiger charge is 2.15. The summed E-state index contributed by atoms with van der Waals surface area (Å²) in [6.07, 6.45) is 3.41. The molecule has 1 N–H and O–H groups in total. The number of nitrogens with one attached hydrogen (secondary N) is 1. The van der Waals surface area contributed by atoms with Crippen LogP contribution in [-0.4, -0.2) is 20.9 Å². The van der Waals surface area contributed by atoms with Crippen LogP contribution in [0.4, 0.5) is 11.4 Å². The lowest BCUT2D eigenvalue weighted by Gasteiger charge is -2.02. The van der Waals surface area contributed by atoms with E-state index in [0.717, 1.165) is 22.5 Å². The van der Waals surface area contributed by atoms with E-state index in [1.54, 1.807) is 10.9 Å². The highest BCUT2D eigenvalue weighted by atomic mass is 16.6. The summed E-state index contributed by atoms with van der Waals surface area (Å²) in [6, 6.07) is 25.4. The zero-order valence-electron chi connectivity index (χ0n) is 16.2. The van der Waals surface area contributed by atoms with Gasteiger partial charge in [0.05, 0.1) is 28.5 Å². The molecule has 150 valence electrons. The average Bonchev–Trinajstić information content (AvgIpc) is 3.24. The van der Waals surface area contributed by atoms with E-state index in [4.69, 9.17) is 10.4 Å². The number of aromatic nitrogens is 2. The zero-order chi connectivity index (χ0) is 21.6. The number of anilines is 1. The SMILES string of the molecule is N#Cc1ccc(N/N=C\c2cn(-c3ccccc3)nc2-c2ccccc2)c([N+](=O)[O-])c1. The molecule has 4 aromatic rings. The molecule has 0 amide bonds. The van der Waals surface area contributed by atoms with Crippen molar-refractivity contribution in [1.29, 1.82) is 5.26 Å². The highest BCUT2D eigenvalue weighted by Crippen LogP contribution is 2.26. The summed E-state index contributed by atoms with van der Waals surface area (Å²) in [5.74, 6) is 0. The Bertz CT molecular complexity index is 1290. The molecule has 1 heterocycles. The maximum absolute atomic E-state index is 11.3. The summed E-state index contributed by atoms with van der Waals surface area (Å²) in [4.78, 5) is 10.8. The van der Waals surface area contributed by atoms with E-state index in [1.807, 2.05) is 72.9 Å². The second-order valence-corrected chi connectivity index (χ2v) is 6.55. The number of para-hydroxylation sites is 1. The van der Waals surface area contributed by atoms with Crippen molar-refractivity contribution in [3.05, 3.63) is 106 Å². The Hall–Kier alpha value is -4.77. The van der Waals surface area contributed by atoms with Crippen molar-refractivity contribution in [1.82, 2.24) is 9.78 Å². The Morgan fingerprint density at radius 3 is 2.45 bits per heavy atom. The summed E-state index contributed by atoms with van der Waals surface area (Å²) >= 11 is 0. The molecule has 31 heavy (non-hydrogen) atoms. The number of benzene rings is 3. The molecular weight excluding hydrogens is 392 g/mol. The molecule has 0 atom stereocenters. The first kappa shape index (κ1) is 19.5. The summed E-state index contributed by atoms with van der Waals surface area (Å²) in [5.41, 5.74) is 6.16. The van der Waals surface area contributed by atoms with E-state index in [2.05, 4.69) is 10.5 Å². The number of hydrogen-bond donors (Lipinski definition) is 1. The zero-order valence-corrected chi connectivity index (χ0v) is 16.2. The smallest absolute Gasteiger partial charge is 0.272 e. The molecule has 0 aliphatic rings. The van der Waals surface area contributed by atoms with E-state index in [1.165, 1.54) is 18.2 Å². The van der Waals surface area contributed by atoms with Gasteiger partial charge in [-0.3, -0.25) is 15.5 Å². The predicted octanol–water partition coefficient (Wildman–Crippen LogP) is 4.77. The van der Waals surface area contributed by atoms with Gasteiger partial charge in [0.1, 0.15) is 11.4 Å². The fourth-order valence-electron chi connectivity index (χ4n) is 3.03. The van der Waals surface area contributed by atoms with Crippen LogP contribution in [0.15, 0.2) is 90.2 Å². The van der Waals surface area contributed by atoms with Crippen molar-refractivity contribution in [3.63, 3.8) is 0 Å². The number of nitro groups is 1. The minimum atomic E-state index is -0.554. The fourth-order valence-corrected chi connectivity index (χ4v) is 3.03. The summed E-state index contributed by atoms with van der Waals surface area (Å²) in [6.45, 7) is 0. The molecule has 0 aliphatic carbocycles. The quantitative estimate of drug-likeness (QED) is 0.281. The Labute approximate surface area is 177 Å². The van der Waals surface area contributed by atoms with Crippen LogP contribution in [0.2, 0.25) is 0 Å². The molecule has 1 aromatic heterocycles. The second kappa shape index (κ2) is 8.71. The van der Waals surface area contributed by atoms with Gasteiger partial charge in [-0.15, -0.1) is 0 Å². The van der Waals surface area contributed by atoms with E-state index >= 15 is 0 Å². The molecule has 0 bridgehead atoms. The molecule has 0 saturated heterocycles. The molecule has 0 aliphatic heterocycles. The molecule has 0 saturated carbocycles. The van der Waals surface area contributed by atoms with Crippen LogP contribution >= 0.6 is 0 Å². The Morgan fingerprint density at radius 2 is 1.77 bits per heavy atom. The van der Waals surface area contributed by atoms with Crippen LogP contribution in [0, 0.1) is 21.4 Å². The largest absolute Gasteiger partial charge is 0.295 e. The lowest BCUT2D eigenvalue weighted by atomic mass is 10.1. The van der Waals surface area contributed by atoms with E-state index in [-0.39, 0.29) is 16.9 Å².